The number of nitrogens with zero attached hydrogens (tertiary/aromatic N) is 1. The molecule has 0 unspecified atom stereocenters. The zero-order valence-electron chi connectivity index (χ0n) is 10.5. The number of carbonyl (C=O) groups is 1. The third-order valence-electron chi connectivity index (χ3n) is 2.43. The molecule has 0 fully saturated rings. The van der Waals surface area contributed by atoms with Gasteiger partial charge in [0.15, 0.2) is 6.29 Å². The van der Waals surface area contributed by atoms with Crippen molar-refractivity contribution in [1.29, 1.82) is 0 Å². The summed E-state index contributed by atoms with van der Waals surface area (Å²) in [5.74, 6) is 0.819. The third kappa shape index (κ3) is 2.94. The molecule has 1 heterocycles. The Bertz CT molecular complexity index is 550. The summed E-state index contributed by atoms with van der Waals surface area (Å²) in [6, 6.07) is 9.58. The number of hydrogen-bond donors (Lipinski definition) is 0. The molecule has 0 spiro atoms. The number of carbonyl (C=O) groups excluding carboxylic acids is 1. The van der Waals surface area contributed by atoms with Crippen molar-refractivity contribution in [3.63, 3.8) is 0 Å². The zero-order valence-corrected chi connectivity index (χ0v) is 10.5. The first-order valence-electron chi connectivity index (χ1n) is 5.86. The lowest BCUT2D eigenvalue weighted by Crippen LogP contribution is -2.05. The van der Waals surface area contributed by atoms with Crippen LogP contribution in [-0.4, -0.2) is 17.4 Å². The predicted molar refractivity (Wildman–Crippen MR) is 70.8 cm³/mol. The predicted octanol–water partition coefficient (Wildman–Crippen LogP) is 3.35. The van der Waals surface area contributed by atoms with Gasteiger partial charge in [0.25, 0.3) is 0 Å². The van der Waals surface area contributed by atoms with Gasteiger partial charge in [-0.1, -0.05) is 12.1 Å². The Morgan fingerprint density at radius 2 is 2.00 bits per heavy atom. The molecule has 0 saturated heterocycles. The van der Waals surface area contributed by atoms with E-state index in [4.69, 9.17) is 4.74 Å². The Hall–Kier alpha value is -2.16. The lowest BCUT2D eigenvalue weighted by Gasteiger charge is -2.11. The molecular formula is C15H15NO2. The molecule has 0 atom stereocenters. The van der Waals surface area contributed by atoms with E-state index < -0.39 is 0 Å². The average molecular weight is 241 g/mol. The van der Waals surface area contributed by atoms with Gasteiger partial charge in [-0.3, -0.25) is 9.78 Å². The largest absolute Gasteiger partial charge is 0.491 e. The van der Waals surface area contributed by atoms with Gasteiger partial charge in [-0.05, 0) is 37.6 Å². The second kappa shape index (κ2) is 5.45. The molecule has 0 bridgehead atoms. The first-order valence-corrected chi connectivity index (χ1v) is 5.86. The number of ether oxygens (including phenoxy) is 1. The highest BCUT2D eigenvalue weighted by molar-refractivity contribution is 5.78. The summed E-state index contributed by atoms with van der Waals surface area (Å²) in [6.45, 7) is 3.97. The van der Waals surface area contributed by atoms with Crippen LogP contribution < -0.4 is 4.74 Å². The van der Waals surface area contributed by atoms with Gasteiger partial charge in [0.2, 0.25) is 0 Å². The van der Waals surface area contributed by atoms with Crippen molar-refractivity contribution in [3.8, 4) is 16.9 Å². The fourth-order valence-electron chi connectivity index (χ4n) is 1.70. The van der Waals surface area contributed by atoms with E-state index in [0.717, 1.165) is 23.2 Å². The second-order valence-electron chi connectivity index (χ2n) is 4.32. The summed E-state index contributed by atoms with van der Waals surface area (Å²) in [4.78, 5) is 14.8. The van der Waals surface area contributed by atoms with Crippen LogP contribution in [0.1, 0.15) is 24.2 Å². The SMILES string of the molecule is CC(C)Oc1cccc(-c2cncc(C=O)c2)c1. The molecule has 3 nitrogen and oxygen atoms in total. The lowest BCUT2D eigenvalue weighted by atomic mass is 10.1. The van der Waals surface area contributed by atoms with Gasteiger partial charge in [0, 0.05) is 23.5 Å². The Balaban J connectivity index is 2.34. The molecule has 0 saturated carbocycles. The molecule has 18 heavy (non-hydrogen) atoms. The Morgan fingerprint density at radius 3 is 2.72 bits per heavy atom. The highest BCUT2D eigenvalue weighted by atomic mass is 16.5. The quantitative estimate of drug-likeness (QED) is 0.770. The van der Waals surface area contributed by atoms with Crippen molar-refractivity contribution < 1.29 is 9.53 Å². The molecule has 3 heteroatoms. The van der Waals surface area contributed by atoms with Gasteiger partial charge in [-0.2, -0.15) is 0 Å². The first-order chi connectivity index (χ1) is 8.69. The van der Waals surface area contributed by atoms with Crippen molar-refractivity contribution in [2.75, 3.05) is 0 Å². The summed E-state index contributed by atoms with van der Waals surface area (Å²) < 4.78 is 5.64. The van der Waals surface area contributed by atoms with Crippen molar-refractivity contribution in [2.24, 2.45) is 0 Å². The van der Waals surface area contributed by atoms with Crippen LogP contribution in [0.5, 0.6) is 5.75 Å². The molecule has 0 aliphatic rings. The van der Waals surface area contributed by atoms with Gasteiger partial charge in [-0.25, -0.2) is 0 Å². The van der Waals surface area contributed by atoms with Crippen LogP contribution in [0.2, 0.25) is 0 Å². The van der Waals surface area contributed by atoms with Crippen LogP contribution >= 0.6 is 0 Å². The summed E-state index contributed by atoms with van der Waals surface area (Å²) in [5, 5.41) is 0. The Kier molecular flexibility index (Phi) is 3.72. The Labute approximate surface area is 106 Å². The fraction of sp³-hybridized carbons (Fsp3) is 0.200. The highest BCUT2D eigenvalue weighted by Crippen LogP contribution is 2.24. The minimum absolute atomic E-state index is 0.139. The summed E-state index contributed by atoms with van der Waals surface area (Å²) in [7, 11) is 0. The lowest BCUT2D eigenvalue weighted by molar-refractivity contribution is 0.112. The molecule has 0 amide bonds. The minimum atomic E-state index is 0.139. The normalized spacial score (nSPS) is 10.4. The van der Waals surface area contributed by atoms with Crippen molar-refractivity contribution in [3.05, 3.63) is 48.3 Å². The van der Waals surface area contributed by atoms with E-state index in [0.29, 0.717) is 5.56 Å². The van der Waals surface area contributed by atoms with Crippen LogP contribution in [0, 0.1) is 0 Å². The number of aromatic nitrogens is 1. The van der Waals surface area contributed by atoms with E-state index in [1.807, 2.05) is 44.2 Å². The molecule has 1 aromatic heterocycles. The van der Waals surface area contributed by atoms with Crippen LogP contribution in [0.15, 0.2) is 42.7 Å². The third-order valence-corrected chi connectivity index (χ3v) is 2.43. The second-order valence-corrected chi connectivity index (χ2v) is 4.32. The molecule has 2 rings (SSSR count). The molecule has 2 aromatic rings. The monoisotopic (exact) mass is 241 g/mol. The summed E-state index contributed by atoms with van der Waals surface area (Å²) in [5.41, 5.74) is 2.47. The van der Waals surface area contributed by atoms with Crippen molar-refractivity contribution in [1.82, 2.24) is 4.98 Å². The number of pyridine rings is 1. The maximum absolute atomic E-state index is 10.7. The molecule has 0 radical (unpaired) electrons. The molecular weight excluding hydrogens is 226 g/mol. The molecule has 0 aliphatic carbocycles. The van der Waals surface area contributed by atoms with Crippen LogP contribution in [0.4, 0.5) is 0 Å². The minimum Gasteiger partial charge on any atom is -0.491 e. The summed E-state index contributed by atoms with van der Waals surface area (Å²) in [6.07, 6.45) is 4.22. The topological polar surface area (TPSA) is 39.2 Å². The number of rotatable bonds is 4. The van der Waals surface area contributed by atoms with Crippen LogP contribution in [0.3, 0.4) is 0 Å². The standard InChI is InChI=1S/C15H15NO2/c1-11(2)18-15-5-3-4-13(7-15)14-6-12(10-17)8-16-9-14/h3-11H,1-2H3. The van der Waals surface area contributed by atoms with Gasteiger partial charge in [0.05, 0.1) is 6.10 Å². The smallest absolute Gasteiger partial charge is 0.151 e. The van der Waals surface area contributed by atoms with E-state index >= 15 is 0 Å². The van der Waals surface area contributed by atoms with E-state index in [1.54, 1.807) is 12.4 Å². The van der Waals surface area contributed by atoms with Crippen LogP contribution in [0.25, 0.3) is 11.1 Å². The number of hydrogen-bond acceptors (Lipinski definition) is 3. The summed E-state index contributed by atoms with van der Waals surface area (Å²) >= 11 is 0. The molecule has 0 N–H and O–H groups in total. The van der Waals surface area contributed by atoms with Gasteiger partial charge < -0.3 is 4.74 Å². The molecule has 1 aromatic carbocycles. The van der Waals surface area contributed by atoms with Crippen molar-refractivity contribution >= 4 is 6.29 Å². The Morgan fingerprint density at radius 1 is 1.17 bits per heavy atom. The van der Waals surface area contributed by atoms with Crippen LogP contribution in [-0.2, 0) is 0 Å². The van der Waals surface area contributed by atoms with E-state index in [2.05, 4.69) is 4.98 Å². The van der Waals surface area contributed by atoms with Gasteiger partial charge in [-0.15, -0.1) is 0 Å². The number of aldehydes is 1. The fourth-order valence-corrected chi connectivity index (χ4v) is 1.70. The van der Waals surface area contributed by atoms with E-state index in [-0.39, 0.29) is 6.10 Å². The van der Waals surface area contributed by atoms with Gasteiger partial charge in [0.1, 0.15) is 5.75 Å². The van der Waals surface area contributed by atoms with Crippen molar-refractivity contribution in [2.45, 2.75) is 20.0 Å². The zero-order chi connectivity index (χ0) is 13.0. The van der Waals surface area contributed by atoms with E-state index in [1.165, 1.54) is 0 Å². The average Bonchev–Trinajstić information content (AvgIpc) is 2.38. The maximum atomic E-state index is 10.7. The van der Waals surface area contributed by atoms with E-state index in [9.17, 15) is 4.79 Å². The van der Waals surface area contributed by atoms with Gasteiger partial charge >= 0.3 is 0 Å². The highest BCUT2D eigenvalue weighted by Gasteiger charge is 2.03. The first kappa shape index (κ1) is 12.3. The molecule has 92 valence electrons. The maximum Gasteiger partial charge on any atom is 0.151 e. The number of benzene rings is 1. The molecule has 0 aliphatic heterocycles.